The second kappa shape index (κ2) is 8.51. The molecule has 0 unspecified atom stereocenters. The van der Waals surface area contributed by atoms with E-state index >= 15 is 0 Å². The monoisotopic (exact) mass is 271 g/mol. The number of ether oxygens (including phenoxy) is 1. The van der Waals surface area contributed by atoms with Gasteiger partial charge in [-0.3, -0.25) is 0 Å². The largest absolute Gasteiger partial charge is 0.383 e. The third-order valence-electron chi connectivity index (χ3n) is 2.38. The summed E-state index contributed by atoms with van der Waals surface area (Å²) in [6, 6.07) is 5.46. The maximum absolute atomic E-state index is 13.8. The van der Waals surface area contributed by atoms with E-state index in [2.05, 4.69) is 19.2 Å². The highest BCUT2D eigenvalue weighted by Gasteiger charge is 2.05. The first-order valence-electron chi connectivity index (χ1n) is 6.24. The van der Waals surface area contributed by atoms with E-state index < -0.39 is 0 Å². The Labute approximate surface area is 113 Å². The molecule has 0 aromatic heterocycles. The number of benzene rings is 1. The minimum Gasteiger partial charge on any atom is -0.383 e. The molecule has 0 saturated carbocycles. The van der Waals surface area contributed by atoms with Gasteiger partial charge >= 0.3 is 0 Å². The zero-order valence-corrected chi connectivity index (χ0v) is 12.1. The van der Waals surface area contributed by atoms with Crippen LogP contribution in [-0.2, 0) is 11.3 Å². The predicted octanol–water partition coefficient (Wildman–Crippen LogP) is 3.31. The molecule has 1 N–H and O–H groups in total. The van der Waals surface area contributed by atoms with Crippen LogP contribution in [0.3, 0.4) is 0 Å². The summed E-state index contributed by atoms with van der Waals surface area (Å²) in [7, 11) is 1.67. The van der Waals surface area contributed by atoms with E-state index in [4.69, 9.17) is 4.74 Å². The number of hydrogen-bond acceptors (Lipinski definition) is 3. The molecule has 102 valence electrons. The summed E-state index contributed by atoms with van der Waals surface area (Å²) in [5.74, 6) is 1.40. The number of hydrogen-bond donors (Lipinski definition) is 1. The highest BCUT2D eigenvalue weighted by atomic mass is 32.2. The predicted molar refractivity (Wildman–Crippen MR) is 75.5 cm³/mol. The molecule has 2 nitrogen and oxygen atoms in total. The third kappa shape index (κ3) is 5.85. The molecule has 0 fully saturated rings. The summed E-state index contributed by atoms with van der Waals surface area (Å²) < 4.78 is 18.7. The van der Waals surface area contributed by atoms with Crippen molar-refractivity contribution < 1.29 is 9.13 Å². The average Bonchev–Trinajstić information content (AvgIpc) is 2.33. The molecule has 0 saturated heterocycles. The van der Waals surface area contributed by atoms with Crippen molar-refractivity contribution in [3.8, 4) is 0 Å². The Kier molecular flexibility index (Phi) is 7.32. The molecule has 0 spiro atoms. The van der Waals surface area contributed by atoms with Gasteiger partial charge in [-0.1, -0.05) is 19.9 Å². The van der Waals surface area contributed by atoms with Crippen LogP contribution in [0.1, 0.15) is 19.4 Å². The Morgan fingerprint density at radius 2 is 2.17 bits per heavy atom. The van der Waals surface area contributed by atoms with Gasteiger partial charge < -0.3 is 10.1 Å². The average molecular weight is 271 g/mol. The molecular weight excluding hydrogens is 249 g/mol. The Balaban J connectivity index is 2.46. The Bertz CT molecular complexity index is 358. The molecule has 0 aliphatic rings. The quantitative estimate of drug-likeness (QED) is 0.579. The first-order chi connectivity index (χ1) is 8.63. The molecule has 1 aromatic rings. The van der Waals surface area contributed by atoms with Crippen molar-refractivity contribution in [1.82, 2.24) is 5.32 Å². The van der Waals surface area contributed by atoms with Crippen LogP contribution in [-0.4, -0.2) is 26.0 Å². The normalized spacial score (nSPS) is 11.2. The fraction of sp³-hybridized carbons (Fsp3) is 0.571. The summed E-state index contributed by atoms with van der Waals surface area (Å²) in [6.07, 6.45) is 0. The van der Waals surface area contributed by atoms with Gasteiger partial charge in [-0.15, -0.1) is 11.8 Å². The van der Waals surface area contributed by atoms with Crippen molar-refractivity contribution in [3.63, 3.8) is 0 Å². The molecule has 0 bridgehead atoms. The van der Waals surface area contributed by atoms with E-state index in [1.54, 1.807) is 24.9 Å². The summed E-state index contributed by atoms with van der Waals surface area (Å²) in [6.45, 7) is 6.40. The van der Waals surface area contributed by atoms with Gasteiger partial charge in [-0.2, -0.15) is 0 Å². The van der Waals surface area contributed by atoms with Crippen LogP contribution < -0.4 is 5.32 Å². The summed E-state index contributed by atoms with van der Waals surface area (Å²) in [4.78, 5) is 0.740. The van der Waals surface area contributed by atoms with Crippen LogP contribution in [0.2, 0.25) is 0 Å². The third-order valence-corrected chi connectivity index (χ3v) is 3.86. The van der Waals surface area contributed by atoms with Crippen molar-refractivity contribution >= 4 is 11.8 Å². The standard InChI is InChI=1S/C14H22FNOS/c1-11(2)10-18-14-5-4-12(8-13(14)15)9-16-6-7-17-3/h4-5,8,11,16H,6-7,9-10H2,1-3H3. The zero-order valence-electron chi connectivity index (χ0n) is 11.3. The number of rotatable bonds is 8. The van der Waals surface area contributed by atoms with E-state index in [1.807, 2.05) is 12.1 Å². The highest BCUT2D eigenvalue weighted by molar-refractivity contribution is 7.99. The molecular formula is C14H22FNOS. The molecule has 0 amide bonds. The number of methoxy groups -OCH3 is 1. The minimum atomic E-state index is -0.119. The van der Waals surface area contributed by atoms with Gasteiger partial charge in [0.25, 0.3) is 0 Å². The number of thioether (sulfide) groups is 1. The molecule has 0 aliphatic heterocycles. The lowest BCUT2D eigenvalue weighted by Gasteiger charge is -2.08. The van der Waals surface area contributed by atoms with Gasteiger partial charge in [-0.25, -0.2) is 4.39 Å². The first kappa shape index (κ1) is 15.5. The molecule has 0 aliphatic carbocycles. The lowest BCUT2D eigenvalue weighted by Crippen LogP contribution is -2.18. The Hall–Kier alpha value is -0.580. The maximum Gasteiger partial charge on any atom is 0.137 e. The molecule has 18 heavy (non-hydrogen) atoms. The van der Waals surface area contributed by atoms with E-state index in [0.717, 1.165) is 22.8 Å². The lowest BCUT2D eigenvalue weighted by molar-refractivity contribution is 0.199. The first-order valence-corrected chi connectivity index (χ1v) is 7.23. The Morgan fingerprint density at radius 1 is 1.39 bits per heavy atom. The van der Waals surface area contributed by atoms with Gasteiger partial charge in [0, 0.05) is 30.8 Å². The van der Waals surface area contributed by atoms with Gasteiger partial charge in [0.2, 0.25) is 0 Å². The van der Waals surface area contributed by atoms with Crippen molar-refractivity contribution in [2.75, 3.05) is 26.0 Å². The minimum absolute atomic E-state index is 0.119. The second-order valence-corrected chi connectivity index (χ2v) is 5.70. The second-order valence-electron chi connectivity index (χ2n) is 4.64. The summed E-state index contributed by atoms with van der Waals surface area (Å²) in [5.41, 5.74) is 0.970. The molecule has 1 rings (SSSR count). The smallest absolute Gasteiger partial charge is 0.137 e. The SMILES string of the molecule is COCCNCc1ccc(SCC(C)C)c(F)c1. The van der Waals surface area contributed by atoms with E-state index in [9.17, 15) is 4.39 Å². The summed E-state index contributed by atoms with van der Waals surface area (Å²) >= 11 is 1.58. The van der Waals surface area contributed by atoms with Crippen molar-refractivity contribution in [3.05, 3.63) is 29.6 Å². The van der Waals surface area contributed by atoms with Crippen LogP contribution >= 0.6 is 11.8 Å². The highest BCUT2D eigenvalue weighted by Crippen LogP contribution is 2.24. The van der Waals surface area contributed by atoms with Crippen molar-refractivity contribution in [2.45, 2.75) is 25.3 Å². The molecule has 0 radical (unpaired) electrons. The topological polar surface area (TPSA) is 21.3 Å². The number of halogens is 1. The zero-order chi connectivity index (χ0) is 13.4. The van der Waals surface area contributed by atoms with Crippen LogP contribution in [0.5, 0.6) is 0 Å². The summed E-state index contributed by atoms with van der Waals surface area (Å²) in [5, 5.41) is 3.20. The lowest BCUT2D eigenvalue weighted by atomic mass is 10.2. The van der Waals surface area contributed by atoms with Gasteiger partial charge in [-0.05, 0) is 23.6 Å². The van der Waals surface area contributed by atoms with Crippen LogP contribution in [0.4, 0.5) is 4.39 Å². The van der Waals surface area contributed by atoms with E-state index in [0.29, 0.717) is 19.1 Å². The molecule has 1 aromatic carbocycles. The van der Waals surface area contributed by atoms with E-state index in [-0.39, 0.29) is 5.82 Å². The van der Waals surface area contributed by atoms with Gasteiger partial charge in [0.05, 0.1) is 6.61 Å². The van der Waals surface area contributed by atoms with Crippen LogP contribution in [0, 0.1) is 11.7 Å². The maximum atomic E-state index is 13.8. The van der Waals surface area contributed by atoms with Gasteiger partial charge in [0.15, 0.2) is 0 Å². The van der Waals surface area contributed by atoms with Gasteiger partial charge in [0.1, 0.15) is 5.82 Å². The van der Waals surface area contributed by atoms with Crippen molar-refractivity contribution in [2.24, 2.45) is 5.92 Å². The fourth-order valence-corrected chi connectivity index (χ4v) is 2.31. The van der Waals surface area contributed by atoms with E-state index in [1.165, 1.54) is 0 Å². The van der Waals surface area contributed by atoms with Crippen LogP contribution in [0.15, 0.2) is 23.1 Å². The molecule has 0 atom stereocenters. The molecule has 0 heterocycles. The molecule has 4 heteroatoms. The van der Waals surface area contributed by atoms with Crippen LogP contribution in [0.25, 0.3) is 0 Å². The fourth-order valence-electron chi connectivity index (χ4n) is 1.43. The Morgan fingerprint density at radius 3 is 2.78 bits per heavy atom. The van der Waals surface area contributed by atoms with Crippen molar-refractivity contribution in [1.29, 1.82) is 0 Å². The number of nitrogens with one attached hydrogen (secondary N) is 1.